The third kappa shape index (κ3) is 5.45. The van der Waals surface area contributed by atoms with Crippen LogP contribution in [-0.2, 0) is 12.1 Å². The maximum Gasteiger partial charge on any atom is 0.416 e. The predicted molar refractivity (Wildman–Crippen MR) is 108 cm³/mol. The Labute approximate surface area is 180 Å². The number of nitrogens with two attached hydrogens (primary N) is 1. The molecule has 3 rings (SSSR count). The Hall–Kier alpha value is -2.94. The first-order chi connectivity index (χ1) is 15.0. The van der Waals surface area contributed by atoms with Crippen LogP contribution in [-0.4, -0.2) is 11.5 Å². The van der Waals surface area contributed by atoms with Crippen molar-refractivity contribution in [3.8, 4) is 11.1 Å². The lowest BCUT2D eigenvalue weighted by atomic mass is 9.89. The van der Waals surface area contributed by atoms with Crippen molar-refractivity contribution in [1.82, 2.24) is 4.98 Å². The van der Waals surface area contributed by atoms with Gasteiger partial charge >= 0.3 is 6.18 Å². The number of rotatable bonds is 5. The highest BCUT2D eigenvalue weighted by Gasteiger charge is 2.44. The van der Waals surface area contributed by atoms with Gasteiger partial charge < -0.3 is 5.73 Å². The zero-order chi connectivity index (χ0) is 24.1. The van der Waals surface area contributed by atoms with Gasteiger partial charge in [0.2, 0.25) is 0 Å². The van der Waals surface area contributed by atoms with E-state index < -0.39 is 53.0 Å². The van der Waals surface area contributed by atoms with Crippen molar-refractivity contribution >= 4 is 0 Å². The average molecular weight is 458 g/mol. The zero-order valence-electron chi connectivity index (χ0n) is 17.2. The van der Waals surface area contributed by atoms with Gasteiger partial charge in [0.25, 0.3) is 5.92 Å². The molecule has 1 heterocycles. The minimum atomic E-state index is -4.49. The van der Waals surface area contributed by atoms with Gasteiger partial charge in [0.1, 0.15) is 17.3 Å². The molecule has 0 saturated heterocycles. The monoisotopic (exact) mass is 458 g/mol. The summed E-state index contributed by atoms with van der Waals surface area (Å²) < 4.78 is 95.0. The van der Waals surface area contributed by atoms with E-state index in [9.17, 15) is 30.7 Å². The predicted octanol–water partition coefficient (Wildman–Crippen LogP) is 6.91. The van der Waals surface area contributed by atoms with Crippen LogP contribution in [0.15, 0.2) is 60.8 Å². The third-order valence-electron chi connectivity index (χ3n) is 4.66. The minimum absolute atomic E-state index is 0.320. The molecule has 0 aliphatic heterocycles. The summed E-state index contributed by atoms with van der Waals surface area (Å²) in [5.41, 5.74) is 4.14. The number of pyridine rings is 1. The van der Waals surface area contributed by atoms with Gasteiger partial charge in [-0.1, -0.05) is 38.1 Å². The first-order valence-corrected chi connectivity index (χ1v) is 9.71. The number of hydrogen-bond donors (Lipinski definition) is 1. The quantitative estimate of drug-likeness (QED) is 0.422. The molecule has 0 saturated carbocycles. The van der Waals surface area contributed by atoms with Crippen LogP contribution in [0, 0.1) is 11.6 Å². The Balaban J connectivity index is 0.00000176. The first-order valence-electron chi connectivity index (χ1n) is 9.71. The van der Waals surface area contributed by atoms with Crippen LogP contribution >= 0.6 is 0 Å². The highest BCUT2D eigenvalue weighted by Crippen LogP contribution is 2.42. The maximum atomic E-state index is 15.0. The van der Waals surface area contributed by atoms with Crippen LogP contribution in [0.5, 0.6) is 0 Å². The van der Waals surface area contributed by atoms with E-state index in [0.717, 1.165) is 36.5 Å². The van der Waals surface area contributed by atoms with Gasteiger partial charge in [-0.05, 0) is 35.4 Å². The lowest BCUT2D eigenvalue weighted by Gasteiger charge is -2.26. The Bertz CT molecular complexity index is 1010. The molecule has 0 spiro atoms. The van der Waals surface area contributed by atoms with E-state index in [4.69, 9.17) is 5.73 Å². The normalized spacial score (nSPS) is 12.7. The van der Waals surface area contributed by atoms with Gasteiger partial charge in [0, 0.05) is 24.4 Å². The lowest BCUT2D eigenvalue weighted by Crippen LogP contribution is -2.31. The van der Waals surface area contributed by atoms with E-state index in [2.05, 4.69) is 4.98 Å². The summed E-state index contributed by atoms with van der Waals surface area (Å²) in [7, 11) is 0. The second-order valence-electron chi connectivity index (χ2n) is 6.58. The number of aromatic nitrogens is 1. The molecule has 0 fully saturated rings. The van der Waals surface area contributed by atoms with Crippen LogP contribution < -0.4 is 5.73 Å². The summed E-state index contributed by atoms with van der Waals surface area (Å²) >= 11 is 0. The fraction of sp³-hybridized carbons (Fsp3) is 0.261. The van der Waals surface area contributed by atoms with Crippen LogP contribution in [0.25, 0.3) is 11.1 Å². The molecular weight excluding hydrogens is 437 g/mol. The summed E-state index contributed by atoms with van der Waals surface area (Å²) in [6, 6.07) is 8.69. The Kier molecular flexibility index (Phi) is 8.01. The highest BCUT2D eigenvalue weighted by atomic mass is 19.4. The molecule has 2 aromatic carbocycles. The fourth-order valence-corrected chi connectivity index (χ4v) is 3.05. The number of nitrogens with zero attached hydrogens (tertiary/aromatic N) is 1. The van der Waals surface area contributed by atoms with Gasteiger partial charge in [-0.2, -0.15) is 22.0 Å². The first kappa shape index (κ1) is 25.3. The van der Waals surface area contributed by atoms with E-state index in [1.54, 1.807) is 0 Å². The standard InChI is InChI=1S/C21H15F7N2.C2H6/c22-15-6-7-16(18(23)9-15)17(10-29)20(24,25)19-8-3-13(11-30-19)12-1-4-14(5-2-12)21(26,27)28;1-2/h1-9,11,17H,10,29H2;1-2H3. The molecule has 2 N–H and O–H groups in total. The maximum absolute atomic E-state index is 15.0. The minimum Gasteiger partial charge on any atom is -0.330 e. The lowest BCUT2D eigenvalue weighted by molar-refractivity contribution is -0.137. The number of benzene rings is 2. The van der Waals surface area contributed by atoms with Crippen LogP contribution in [0.3, 0.4) is 0 Å². The molecule has 0 radical (unpaired) electrons. The summed E-state index contributed by atoms with van der Waals surface area (Å²) in [5, 5.41) is 0. The molecule has 1 atom stereocenters. The number of halogens is 7. The van der Waals surface area contributed by atoms with E-state index in [1.807, 2.05) is 13.8 Å². The Morgan fingerprint density at radius 3 is 1.91 bits per heavy atom. The summed E-state index contributed by atoms with van der Waals surface area (Å²) in [4.78, 5) is 3.72. The number of hydrogen-bond acceptors (Lipinski definition) is 2. The topological polar surface area (TPSA) is 38.9 Å². The number of alkyl halides is 5. The average Bonchev–Trinajstić information content (AvgIpc) is 2.76. The largest absolute Gasteiger partial charge is 0.416 e. The van der Waals surface area contributed by atoms with Crippen molar-refractivity contribution in [2.45, 2.75) is 31.9 Å². The van der Waals surface area contributed by atoms with Gasteiger partial charge in [-0.15, -0.1) is 0 Å². The molecule has 9 heteroatoms. The van der Waals surface area contributed by atoms with E-state index in [-0.39, 0.29) is 0 Å². The molecule has 172 valence electrons. The van der Waals surface area contributed by atoms with Crippen molar-refractivity contribution < 1.29 is 30.7 Å². The highest BCUT2D eigenvalue weighted by molar-refractivity contribution is 5.63. The van der Waals surface area contributed by atoms with Crippen molar-refractivity contribution in [2.24, 2.45) is 5.73 Å². The molecule has 1 aromatic heterocycles. The fourth-order valence-electron chi connectivity index (χ4n) is 3.05. The van der Waals surface area contributed by atoms with Gasteiger partial charge in [0.15, 0.2) is 0 Å². The zero-order valence-corrected chi connectivity index (χ0v) is 17.2. The van der Waals surface area contributed by atoms with Crippen LogP contribution in [0.4, 0.5) is 30.7 Å². The van der Waals surface area contributed by atoms with Gasteiger partial charge in [-0.3, -0.25) is 4.98 Å². The van der Waals surface area contributed by atoms with Gasteiger partial charge in [-0.25, -0.2) is 8.78 Å². The van der Waals surface area contributed by atoms with E-state index in [0.29, 0.717) is 17.2 Å². The molecule has 1 unspecified atom stereocenters. The summed E-state index contributed by atoms with van der Waals surface area (Å²) in [5.74, 6) is -7.52. The summed E-state index contributed by atoms with van der Waals surface area (Å²) in [6.07, 6.45) is -3.41. The van der Waals surface area contributed by atoms with Crippen molar-refractivity contribution in [3.05, 3.63) is 89.2 Å². The van der Waals surface area contributed by atoms with E-state index >= 15 is 0 Å². The van der Waals surface area contributed by atoms with Crippen molar-refractivity contribution in [2.75, 3.05) is 6.54 Å². The summed E-state index contributed by atoms with van der Waals surface area (Å²) in [6.45, 7) is 3.37. The molecule has 32 heavy (non-hydrogen) atoms. The molecule has 3 aromatic rings. The van der Waals surface area contributed by atoms with Crippen molar-refractivity contribution in [3.63, 3.8) is 0 Å². The van der Waals surface area contributed by atoms with E-state index in [1.165, 1.54) is 18.2 Å². The second kappa shape index (κ2) is 10.1. The Morgan fingerprint density at radius 2 is 1.44 bits per heavy atom. The van der Waals surface area contributed by atoms with Crippen molar-refractivity contribution in [1.29, 1.82) is 0 Å². The molecule has 0 aliphatic carbocycles. The second-order valence-corrected chi connectivity index (χ2v) is 6.58. The Morgan fingerprint density at radius 1 is 0.844 bits per heavy atom. The molecule has 0 aliphatic rings. The van der Waals surface area contributed by atoms with Gasteiger partial charge in [0.05, 0.1) is 11.5 Å². The SMILES string of the molecule is CC.NCC(c1ccc(F)cc1F)C(F)(F)c1ccc(-c2ccc(C(F)(F)F)cc2)cn1. The smallest absolute Gasteiger partial charge is 0.330 e. The molecule has 0 bridgehead atoms. The third-order valence-corrected chi connectivity index (χ3v) is 4.66. The molecule has 0 amide bonds. The van der Waals surface area contributed by atoms with Crippen LogP contribution in [0.2, 0.25) is 0 Å². The molecule has 2 nitrogen and oxygen atoms in total. The van der Waals surface area contributed by atoms with Crippen LogP contribution in [0.1, 0.15) is 36.6 Å². The molecular formula is C23H21F7N2.